The number of ketones is 1. The van der Waals surface area contributed by atoms with Crippen molar-refractivity contribution >= 4 is 5.78 Å². The van der Waals surface area contributed by atoms with E-state index < -0.39 is 23.7 Å². The molecule has 0 spiro atoms. The standard InChI is InChI=1S/C10H13NO4/c1-5(12)9(11)10(15)6-2-3-7(13)8(14)4-6/h2-4,9-10,13-15H,11H2,1H3/t9-,10-/m1/s1/i9D. The van der Waals surface area contributed by atoms with E-state index in [1.54, 1.807) is 0 Å². The van der Waals surface area contributed by atoms with Crippen molar-refractivity contribution in [1.82, 2.24) is 0 Å². The average Bonchev–Trinajstić information content (AvgIpc) is 2.20. The third kappa shape index (κ3) is 2.45. The summed E-state index contributed by atoms with van der Waals surface area (Å²) in [6.07, 6.45) is -1.57. The summed E-state index contributed by atoms with van der Waals surface area (Å²) in [4.78, 5) is 11.0. The zero-order valence-electron chi connectivity index (χ0n) is 9.14. The highest BCUT2D eigenvalue weighted by atomic mass is 16.3. The number of aromatic hydroxyl groups is 2. The van der Waals surface area contributed by atoms with E-state index >= 15 is 0 Å². The highest BCUT2D eigenvalue weighted by Gasteiger charge is 2.21. The molecule has 0 radical (unpaired) electrons. The number of hydrogen-bond donors (Lipinski definition) is 4. The highest BCUT2D eigenvalue weighted by molar-refractivity contribution is 5.82. The van der Waals surface area contributed by atoms with Crippen molar-refractivity contribution in [3.63, 3.8) is 0 Å². The Morgan fingerprint density at radius 3 is 2.53 bits per heavy atom. The molecule has 82 valence electrons. The number of hydrogen-bond acceptors (Lipinski definition) is 5. The van der Waals surface area contributed by atoms with Crippen LogP contribution in [0.25, 0.3) is 0 Å². The van der Waals surface area contributed by atoms with E-state index in [2.05, 4.69) is 0 Å². The highest BCUT2D eigenvalue weighted by Crippen LogP contribution is 2.28. The fourth-order valence-corrected chi connectivity index (χ4v) is 1.08. The number of aliphatic hydroxyl groups is 1. The number of phenolic OH excluding ortho intramolecular Hbond substituents is 2. The lowest BCUT2D eigenvalue weighted by Gasteiger charge is -2.16. The molecule has 0 aliphatic carbocycles. The van der Waals surface area contributed by atoms with Crippen molar-refractivity contribution in [1.29, 1.82) is 0 Å². The van der Waals surface area contributed by atoms with Gasteiger partial charge in [-0.25, -0.2) is 0 Å². The number of phenols is 2. The van der Waals surface area contributed by atoms with Gasteiger partial charge in [0, 0.05) is 0 Å². The topological polar surface area (TPSA) is 104 Å². The Morgan fingerprint density at radius 1 is 1.47 bits per heavy atom. The Kier molecular flexibility index (Phi) is 2.84. The first-order valence-electron chi connectivity index (χ1n) is 4.76. The lowest BCUT2D eigenvalue weighted by molar-refractivity contribution is -0.120. The van der Waals surface area contributed by atoms with E-state index in [0.717, 1.165) is 19.1 Å². The number of nitrogens with two attached hydrogens (primary N) is 1. The van der Waals surface area contributed by atoms with Gasteiger partial charge in [0.1, 0.15) is 11.9 Å². The van der Waals surface area contributed by atoms with Crippen LogP contribution in [0.4, 0.5) is 0 Å². The lowest BCUT2D eigenvalue weighted by atomic mass is 10.00. The van der Waals surface area contributed by atoms with E-state index in [9.17, 15) is 15.0 Å². The van der Waals surface area contributed by atoms with Crippen LogP contribution in [0.1, 0.15) is 20.0 Å². The fraction of sp³-hybridized carbons (Fsp3) is 0.300. The number of carbonyl (C=O) groups is 1. The van der Waals surface area contributed by atoms with Crippen molar-refractivity contribution in [2.75, 3.05) is 0 Å². The summed E-state index contributed by atoms with van der Waals surface area (Å²) in [5, 5.41) is 28.0. The van der Waals surface area contributed by atoms with Crippen LogP contribution < -0.4 is 5.73 Å². The Morgan fingerprint density at radius 2 is 2.07 bits per heavy atom. The normalized spacial score (nSPS) is 17.7. The Hall–Kier alpha value is -1.59. The van der Waals surface area contributed by atoms with Gasteiger partial charge in [0.05, 0.1) is 7.39 Å². The molecule has 0 unspecified atom stereocenters. The zero-order chi connectivity index (χ0) is 12.5. The van der Waals surface area contributed by atoms with Gasteiger partial charge in [-0.15, -0.1) is 0 Å². The van der Waals surface area contributed by atoms with Crippen molar-refractivity contribution < 1.29 is 21.5 Å². The summed E-state index contributed by atoms with van der Waals surface area (Å²) in [7, 11) is 0. The quantitative estimate of drug-likeness (QED) is 0.530. The Bertz CT molecular complexity index is 419. The zero-order valence-corrected chi connectivity index (χ0v) is 8.14. The van der Waals surface area contributed by atoms with Gasteiger partial charge in [0.25, 0.3) is 0 Å². The van der Waals surface area contributed by atoms with Crippen LogP contribution >= 0.6 is 0 Å². The number of carbonyl (C=O) groups excluding carboxylic acids is 1. The molecule has 0 amide bonds. The van der Waals surface area contributed by atoms with Crippen LogP contribution in [0.5, 0.6) is 11.5 Å². The van der Waals surface area contributed by atoms with Crippen molar-refractivity contribution in [3.05, 3.63) is 23.8 Å². The molecule has 5 nitrogen and oxygen atoms in total. The average molecular weight is 212 g/mol. The Labute approximate surface area is 88.2 Å². The molecule has 15 heavy (non-hydrogen) atoms. The molecule has 0 aliphatic heterocycles. The predicted molar refractivity (Wildman–Crippen MR) is 53.4 cm³/mol. The maximum atomic E-state index is 11.0. The number of Topliss-reactive ketones (excluding diaryl/α,β-unsaturated/α-hetero) is 1. The fourth-order valence-electron chi connectivity index (χ4n) is 1.08. The molecule has 0 saturated heterocycles. The minimum absolute atomic E-state index is 0.0861. The second-order valence-corrected chi connectivity index (χ2v) is 3.16. The van der Waals surface area contributed by atoms with Crippen LogP contribution in [0, 0.1) is 0 Å². The van der Waals surface area contributed by atoms with Crippen LogP contribution in [-0.4, -0.2) is 27.1 Å². The molecular formula is C10H13NO4. The number of aliphatic hydroxyl groups excluding tert-OH is 1. The van der Waals surface area contributed by atoms with Crippen molar-refractivity contribution in [2.24, 2.45) is 5.73 Å². The first kappa shape index (κ1) is 9.95. The molecule has 0 saturated carbocycles. The van der Waals surface area contributed by atoms with Gasteiger partial charge in [-0.1, -0.05) is 6.07 Å². The van der Waals surface area contributed by atoms with Gasteiger partial charge in [-0.3, -0.25) is 4.79 Å². The maximum absolute atomic E-state index is 11.0. The summed E-state index contributed by atoms with van der Waals surface area (Å²) in [5.41, 5.74) is 5.43. The van der Waals surface area contributed by atoms with Gasteiger partial charge in [-0.05, 0) is 24.6 Å². The van der Waals surface area contributed by atoms with Crippen LogP contribution in [-0.2, 0) is 4.79 Å². The molecule has 5 N–H and O–H groups in total. The third-order valence-corrected chi connectivity index (χ3v) is 2.02. The van der Waals surface area contributed by atoms with Crippen LogP contribution in [0.2, 0.25) is 0 Å². The molecule has 5 heteroatoms. The van der Waals surface area contributed by atoms with E-state index in [4.69, 9.17) is 12.2 Å². The Balaban J connectivity index is 3.10. The van der Waals surface area contributed by atoms with Gasteiger partial charge in [0.15, 0.2) is 11.5 Å². The second-order valence-electron chi connectivity index (χ2n) is 3.16. The molecule has 0 bridgehead atoms. The van der Waals surface area contributed by atoms with E-state index in [0.29, 0.717) is 0 Å². The summed E-state index contributed by atoms with van der Waals surface area (Å²) >= 11 is 0. The minimum Gasteiger partial charge on any atom is -0.504 e. The molecule has 0 heterocycles. The SMILES string of the molecule is [2H][C@@](N)(C(C)=O)[C@H](O)c1ccc(O)c(O)c1. The molecule has 1 aromatic rings. The van der Waals surface area contributed by atoms with Crippen LogP contribution in [0.3, 0.4) is 0 Å². The summed E-state index contributed by atoms with van der Waals surface area (Å²) in [6.45, 7) is 1.09. The lowest BCUT2D eigenvalue weighted by Crippen LogP contribution is -2.35. The molecular weight excluding hydrogens is 198 g/mol. The van der Waals surface area contributed by atoms with E-state index in [1.807, 2.05) is 0 Å². The third-order valence-electron chi connectivity index (χ3n) is 2.02. The van der Waals surface area contributed by atoms with Gasteiger partial charge >= 0.3 is 0 Å². The number of benzene rings is 1. The first-order valence-corrected chi connectivity index (χ1v) is 4.26. The predicted octanol–water partition coefficient (Wildman–Crippen LogP) is 0.0475. The van der Waals surface area contributed by atoms with Gasteiger partial charge in [-0.2, -0.15) is 0 Å². The molecule has 0 fully saturated rings. The van der Waals surface area contributed by atoms with Gasteiger partial charge < -0.3 is 21.1 Å². The molecule has 1 aromatic carbocycles. The maximum Gasteiger partial charge on any atom is 0.157 e. The van der Waals surface area contributed by atoms with Crippen molar-refractivity contribution in [3.8, 4) is 11.5 Å². The largest absolute Gasteiger partial charge is 0.504 e. The smallest absolute Gasteiger partial charge is 0.157 e. The summed E-state index contributed by atoms with van der Waals surface area (Å²) in [6, 6.07) is 1.30. The first-order chi connectivity index (χ1) is 7.26. The minimum atomic E-state index is -2.18. The summed E-state index contributed by atoms with van der Waals surface area (Å²) < 4.78 is 7.48. The monoisotopic (exact) mass is 212 g/mol. The van der Waals surface area contributed by atoms with Crippen LogP contribution in [0.15, 0.2) is 18.2 Å². The van der Waals surface area contributed by atoms with Gasteiger partial charge in [0.2, 0.25) is 0 Å². The molecule has 0 aliphatic rings. The number of rotatable bonds is 3. The van der Waals surface area contributed by atoms with E-state index in [-0.39, 0.29) is 11.3 Å². The molecule has 2 atom stereocenters. The summed E-state index contributed by atoms with van der Waals surface area (Å²) in [5.74, 6) is -1.50. The molecule has 0 aromatic heterocycles. The van der Waals surface area contributed by atoms with E-state index in [1.165, 1.54) is 6.07 Å². The van der Waals surface area contributed by atoms with Crippen molar-refractivity contribution in [2.45, 2.75) is 19.0 Å². The second kappa shape index (κ2) is 4.29. The molecule has 1 rings (SSSR count).